The van der Waals surface area contributed by atoms with Crippen LogP contribution < -0.4 is 0 Å². The summed E-state index contributed by atoms with van der Waals surface area (Å²) in [4.78, 5) is 0. The second-order valence-corrected chi connectivity index (χ2v) is 38.2. The van der Waals surface area contributed by atoms with Gasteiger partial charge in [-0.15, -0.1) is 0 Å². The first-order valence-electron chi connectivity index (χ1n) is 50.6. The van der Waals surface area contributed by atoms with E-state index in [2.05, 4.69) is 582 Å². The first-order chi connectivity index (χ1) is 72.4. The number of hydrogen-bond donors (Lipinski definition) is 0. The van der Waals surface area contributed by atoms with Crippen LogP contribution in [0, 0.1) is 0 Å². The zero-order chi connectivity index (χ0) is 96.7. The molecule has 680 valence electrons. The fourth-order valence-electron chi connectivity index (χ4n) is 23.0. The van der Waals surface area contributed by atoms with Crippen molar-refractivity contribution in [1.82, 2.24) is 0 Å². The van der Waals surface area contributed by atoms with Crippen LogP contribution in [0.2, 0.25) is 0 Å². The van der Waals surface area contributed by atoms with Crippen molar-refractivity contribution in [2.24, 2.45) is 0 Å². The molecule has 0 N–H and O–H groups in total. The van der Waals surface area contributed by atoms with Crippen LogP contribution in [0.25, 0.3) is 274 Å². The summed E-state index contributed by atoms with van der Waals surface area (Å²) in [5, 5.41) is 27.7. The van der Waals surface area contributed by atoms with E-state index < -0.39 is 0 Å². The molecule has 0 aromatic heterocycles. The second kappa shape index (κ2) is 38.2. The Morgan fingerprint density at radius 3 is 0.507 bits per heavy atom. The Morgan fingerprint density at radius 2 is 0.226 bits per heavy atom. The third kappa shape index (κ3) is 16.2. The van der Waals surface area contributed by atoms with Crippen LogP contribution in [0.1, 0.15) is 0 Å². The van der Waals surface area contributed by atoms with Crippen molar-refractivity contribution in [3.63, 3.8) is 0 Å². The lowest BCUT2D eigenvalue weighted by Gasteiger charge is -2.20. The van der Waals surface area contributed by atoms with Gasteiger partial charge in [0.25, 0.3) is 0 Å². The molecule has 0 unspecified atom stereocenters. The van der Waals surface area contributed by atoms with Crippen LogP contribution in [-0.4, -0.2) is 0 Å². The summed E-state index contributed by atoms with van der Waals surface area (Å²) in [6, 6.07) is 213. The Bertz CT molecular complexity index is 9900. The highest BCUT2D eigenvalue weighted by Gasteiger charge is 2.26. The van der Waals surface area contributed by atoms with Gasteiger partial charge < -0.3 is 0 Å². The molecule has 0 bridgehead atoms. The largest absolute Gasteiger partial charge is 0.0622 e. The van der Waals surface area contributed by atoms with Crippen molar-refractivity contribution in [3.8, 4) is 156 Å². The van der Waals surface area contributed by atoms with Gasteiger partial charge in [-0.2, -0.15) is 0 Å². The standard InChI is InChI=1S/C52H34.C48H32.C46H30/c1-2-14-35(15-3-1)38-20-10-21-39(32-38)40-30-31-49-50(34-40)51(42-23-11-22-41(33-42)45-28-12-18-36-16-4-6-24-43(36)45)47-26-8-9-27-48(47)52(49)46-29-13-19-37-17-5-7-25-44(37)46;1-3-14-33(15-4-1)36-20-11-22-38(30-36)39-28-29-45-46(32-39)47(40-23-12-21-37(31-40)34-16-5-2-6-17-34)43-25-9-10-26-44(43)48(45)42-27-13-19-35-18-7-8-24-41(35)42;1-2-13-31(14-3-1)34-19-10-20-35(29-34)36-27-28-43-44(30-36)46(40-26-12-18-33-16-5-7-22-38(33)40)42-24-9-8-23-41(42)45(43)39-25-11-17-32-15-4-6-21-37(32)39/h1-34H;1-32H;1-30H. The molecule has 0 fully saturated rings. The summed E-state index contributed by atoms with van der Waals surface area (Å²) >= 11 is 0. The van der Waals surface area contributed by atoms with E-state index in [0.717, 1.165) is 0 Å². The monoisotopic (exact) mass is 1850 g/mol. The summed E-state index contributed by atoms with van der Waals surface area (Å²) in [5.41, 5.74) is 34.7. The van der Waals surface area contributed by atoms with Gasteiger partial charge in [-0.1, -0.05) is 534 Å². The van der Waals surface area contributed by atoms with E-state index in [1.807, 2.05) is 0 Å². The maximum Gasteiger partial charge on any atom is -0.00199 e. The smallest absolute Gasteiger partial charge is 0.00199 e. The predicted octanol–water partition coefficient (Wildman–Crippen LogP) is 41.1. The Hall–Kier alpha value is -19.0. The molecule has 0 saturated carbocycles. The molecule has 0 spiro atoms. The molecular weight excluding hydrogens is 1750 g/mol. The van der Waals surface area contributed by atoms with Gasteiger partial charge >= 0.3 is 0 Å². The summed E-state index contributed by atoms with van der Waals surface area (Å²) in [6.07, 6.45) is 0. The minimum atomic E-state index is 1.20. The van der Waals surface area contributed by atoms with Crippen LogP contribution in [0.15, 0.2) is 582 Å². The molecule has 28 rings (SSSR count). The van der Waals surface area contributed by atoms with Gasteiger partial charge in [-0.25, -0.2) is 0 Å². The van der Waals surface area contributed by atoms with Crippen molar-refractivity contribution in [1.29, 1.82) is 0 Å². The van der Waals surface area contributed by atoms with Gasteiger partial charge in [0, 0.05) is 0 Å². The highest BCUT2D eigenvalue weighted by Crippen LogP contribution is 2.53. The van der Waals surface area contributed by atoms with E-state index in [1.165, 1.54) is 274 Å². The van der Waals surface area contributed by atoms with Crippen molar-refractivity contribution in [2.45, 2.75) is 0 Å². The molecule has 28 aromatic rings. The fourth-order valence-corrected chi connectivity index (χ4v) is 23.0. The van der Waals surface area contributed by atoms with Crippen molar-refractivity contribution in [3.05, 3.63) is 582 Å². The molecule has 0 aliphatic carbocycles. The summed E-state index contributed by atoms with van der Waals surface area (Å²) in [7, 11) is 0. The van der Waals surface area contributed by atoms with Gasteiger partial charge in [0.2, 0.25) is 0 Å². The molecule has 0 heteroatoms. The number of rotatable bonds is 14. The Labute approximate surface area is 850 Å². The summed E-state index contributed by atoms with van der Waals surface area (Å²) in [5.74, 6) is 0. The van der Waals surface area contributed by atoms with Crippen LogP contribution in [0.4, 0.5) is 0 Å². The van der Waals surface area contributed by atoms with Crippen molar-refractivity contribution in [2.75, 3.05) is 0 Å². The molecular formula is C146H96. The lowest BCUT2D eigenvalue weighted by Crippen LogP contribution is -1.93. The SMILES string of the molecule is c1ccc(-c2cccc(-c3ccc4c(-c5cccc6ccccc56)c5ccccc5c(-c5cccc(-c6cccc7ccccc67)c5)c4c3)c2)cc1.c1ccc(-c2cccc(-c3ccc4c(-c5cccc6ccccc56)c5ccccc5c(-c5cccc(-c6ccccc6)c5)c4c3)c2)cc1.c1ccc(-c2cccc(-c3ccc4c(-c5cccc6ccccc56)c5ccccc5c(-c5cccc6ccccc56)c4c3)c2)cc1. The summed E-state index contributed by atoms with van der Waals surface area (Å²) in [6.45, 7) is 0. The second-order valence-electron chi connectivity index (χ2n) is 38.2. The molecule has 0 amide bonds. The van der Waals surface area contributed by atoms with E-state index in [1.54, 1.807) is 0 Å². The lowest BCUT2D eigenvalue weighted by atomic mass is 9.83. The zero-order valence-electron chi connectivity index (χ0n) is 80.4. The van der Waals surface area contributed by atoms with Crippen LogP contribution in [0.5, 0.6) is 0 Å². The first kappa shape index (κ1) is 87.3. The van der Waals surface area contributed by atoms with Crippen LogP contribution in [0.3, 0.4) is 0 Å². The molecule has 0 heterocycles. The van der Waals surface area contributed by atoms with Crippen molar-refractivity contribution < 1.29 is 0 Å². The normalized spacial score (nSPS) is 11.4. The Kier molecular flexibility index (Phi) is 22.8. The fraction of sp³-hybridized carbons (Fsp3) is 0. The van der Waals surface area contributed by atoms with Crippen LogP contribution >= 0.6 is 0 Å². The minimum absolute atomic E-state index is 1.20. The minimum Gasteiger partial charge on any atom is -0.0622 e. The summed E-state index contributed by atoms with van der Waals surface area (Å²) < 4.78 is 0. The molecule has 0 aliphatic heterocycles. The van der Waals surface area contributed by atoms with E-state index in [0.29, 0.717) is 0 Å². The predicted molar refractivity (Wildman–Crippen MR) is 628 cm³/mol. The third-order valence-corrected chi connectivity index (χ3v) is 29.7. The van der Waals surface area contributed by atoms with Gasteiger partial charge in [0.15, 0.2) is 0 Å². The molecule has 0 radical (unpaired) electrons. The average Bonchev–Trinajstić information content (AvgIpc) is 0.738. The molecule has 0 atom stereocenters. The molecule has 0 aliphatic rings. The third-order valence-electron chi connectivity index (χ3n) is 29.7. The number of benzene rings is 28. The van der Waals surface area contributed by atoms with Gasteiger partial charge in [0.1, 0.15) is 0 Å². The average molecular weight is 1850 g/mol. The molecule has 28 aromatic carbocycles. The van der Waals surface area contributed by atoms with E-state index >= 15 is 0 Å². The van der Waals surface area contributed by atoms with E-state index in [-0.39, 0.29) is 0 Å². The van der Waals surface area contributed by atoms with Crippen molar-refractivity contribution >= 4 is 118 Å². The highest BCUT2D eigenvalue weighted by atomic mass is 14.3. The maximum atomic E-state index is 2.43. The topological polar surface area (TPSA) is 0 Å². The highest BCUT2D eigenvalue weighted by molar-refractivity contribution is 6.29. The van der Waals surface area contributed by atoms with Gasteiger partial charge in [-0.05, 0) is 323 Å². The quantitative estimate of drug-likeness (QED) is 0.0952. The van der Waals surface area contributed by atoms with E-state index in [9.17, 15) is 0 Å². The van der Waals surface area contributed by atoms with Crippen LogP contribution in [-0.2, 0) is 0 Å². The molecule has 146 heavy (non-hydrogen) atoms. The Morgan fingerprint density at radius 1 is 0.0685 bits per heavy atom. The van der Waals surface area contributed by atoms with E-state index in [4.69, 9.17) is 0 Å². The number of fused-ring (bicyclic) bond motifs is 11. The molecule has 0 nitrogen and oxygen atoms in total. The maximum absolute atomic E-state index is 2.43. The first-order valence-corrected chi connectivity index (χ1v) is 50.6. The van der Waals surface area contributed by atoms with Gasteiger partial charge in [0.05, 0.1) is 0 Å². The lowest BCUT2D eigenvalue weighted by molar-refractivity contribution is 1.59. The zero-order valence-corrected chi connectivity index (χ0v) is 80.4. The Balaban J connectivity index is 0.000000111. The molecule has 0 saturated heterocycles. The number of hydrogen-bond acceptors (Lipinski definition) is 0. The van der Waals surface area contributed by atoms with Gasteiger partial charge in [-0.3, -0.25) is 0 Å².